The second kappa shape index (κ2) is 8.20. The summed E-state index contributed by atoms with van der Waals surface area (Å²) in [6.45, 7) is 0.681. The summed E-state index contributed by atoms with van der Waals surface area (Å²) < 4.78 is 26.6. The fraction of sp³-hybridized carbons (Fsp3) is 0.263. The molecule has 140 valence electrons. The highest BCUT2D eigenvalue weighted by Crippen LogP contribution is 2.23. The average molecular weight is 385 g/mol. The number of sulfonamides is 1. The standard InChI is InChI=1S/C19H19N3O4S/c20-13-15-2-1-3-16(12-15)14-21-26-18-8-10-22(11-9-18)27(24,25)19-6-4-17(23)5-7-19/h1-7,12,14,18,23H,8-11H2/b21-14+. The maximum Gasteiger partial charge on any atom is 0.243 e. The normalized spacial score (nSPS) is 16.3. The third-order valence-corrected chi connectivity index (χ3v) is 6.22. The number of phenols is 1. The van der Waals surface area contributed by atoms with E-state index in [0.29, 0.717) is 31.5 Å². The number of piperidine rings is 1. The van der Waals surface area contributed by atoms with Gasteiger partial charge in [0, 0.05) is 25.9 Å². The van der Waals surface area contributed by atoms with Crippen molar-refractivity contribution >= 4 is 16.2 Å². The van der Waals surface area contributed by atoms with Crippen LogP contribution < -0.4 is 0 Å². The number of phenolic OH excluding ortho intramolecular Hbond substituents is 1. The van der Waals surface area contributed by atoms with Gasteiger partial charge in [0.1, 0.15) is 11.9 Å². The van der Waals surface area contributed by atoms with Crippen molar-refractivity contribution in [2.75, 3.05) is 13.1 Å². The minimum absolute atomic E-state index is 0.0271. The van der Waals surface area contributed by atoms with Crippen molar-refractivity contribution in [2.24, 2.45) is 5.16 Å². The van der Waals surface area contributed by atoms with Crippen LogP contribution in [-0.2, 0) is 14.9 Å². The monoisotopic (exact) mass is 385 g/mol. The van der Waals surface area contributed by atoms with Crippen molar-refractivity contribution in [3.05, 3.63) is 59.7 Å². The number of nitriles is 1. The molecule has 2 aromatic carbocycles. The quantitative estimate of drug-likeness (QED) is 0.629. The summed E-state index contributed by atoms with van der Waals surface area (Å²) in [4.78, 5) is 5.64. The third kappa shape index (κ3) is 4.64. The highest BCUT2D eigenvalue weighted by Gasteiger charge is 2.30. The Balaban J connectivity index is 1.55. The van der Waals surface area contributed by atoms with Crippen molar-refractivity contribution in [1.29, 1.82) is 5.26 Å². The summed E-state index contributed by atoms with van der Waals surface area (Å²) >= 11 is 0. The van der Waals surface area contributed by atoms with Crippen molar-refractivity contribution in [2.45, 2.75) is 23.8 Å². The third-order valence-electron chi connectivity index (χ3n) is 4.30. The van der Waals surface area contributed by atoms with Crippen LogP contribution in [0.15, 0.2) is 58.6 Å². The number of nitrogens with zero attached hydrogens (tertiary/aromatic N) is 3. The Morgan fingerprint density at radius 3 is 2.56 bits per heavy atom. The van der Waals surface area contributed by atoms with Gasteiger partial charge in [-0.05, 0) is 42.0 Å². The van der Waals surface area contributed by atoms with E-state index >= 15 is 0 Å². The molecule has 7 nitrogen and oxygen atoms in total. The van der Waals surface area contributed by atoms with E-state index in [-0.39, 0.29) is 16.7 Å². The number of hydrogen-bond acceptors (Lipinski definition) is 6. The summed E-state index contributed by atoms with van der Waals surface area (Å²) in [6, 6.07) is 14.6. The van der Waals surface area contributed by atoms with E-state index in [4.69, 9.17) is 10.1 Å². The Morgan fingerprint density at radius 1 is 1.19 bits per heavy atom. The zero-order valence-corrected chi connectivity index (χ0v) is 15.3. The first-order valence-electron chi connectivity index (χ1n) is 8.47. The number of oxime groups is 1. The molecule has 0 aromatic heterocycles. The van der Waals surface area contributed by atoms with Gasteiger partial charge in [0.05, 0.1) is 22.7 Å². The molecule has 0 aliphatic carbocycles. The van der Waals surface area contributed by atoms with Crippen LogP contribution >= 0.6 is 0 Å². The SMILES string of the molecule is N#Cc1cccc(/C=N/OC2CCN(S(=O)(=O)c3ccc(O)cc3)CC2)c1. The molecule has 3 rings (SSSR count). The average Bonchev–Trinajstić information content (AvgIpc) is 2.69. The van der Waals surface area contributed by atoms with Crippen LogP contribution in [0.25, 0.3) is 0 Å². The fourth-order valence-corrected chi connectivity index (χ4v) is 4.28. The van der Waals surface area contributed by atoms with Gasteiger partial charge in [-0.3, -0.25) is 0 Å². The Labute approximate surface area is 158 Å². The van der Waals surface area contributed by atoms with Crippen molar-refractivity contribution < 1.29 is 18.4 Å². The first-order chi connectivity index (χ1) is 13.0. The Morgan fingerprint density at radius 2 is 1.89 bits per heavy atom. The highest BCUT2D eigenvalue weighted by molar-refractivity contribution is 7.89. The smallest absolute Gasteiger partial charge is 0.243 e. The fourth-order valence-electron chi connectivity index (χ4n) is 2.81. The van der Waals surface area contributed by atoms with E-state index in [1.54, 1.807) is 24.4 Å². The maximum atomic E-state index is 12.6. The molecule has 2 aromatic rings. The molecule has 0 unspecified atom stereocenters. The van der Waals surface area contributed by atoms with Gasteiger partial charge in [0.25, 0.3) is 0 Å². The van der Waals surface area contributed by atoms with E-state index in [1.165, 1.54) is 28.6 Å². The van der Waals surface area contributed by atoms with Gasteiger partial charge in [0.15, 0.2) is 0 Å². The van der Waals surface area contributed by atoms with E-state index in [2.05, 4.69) is 11.2 Å². The van der Waals surface area contributed by atoms with Crippen LogP contribution in [0.2, 0.25) is 0 Å². The topological polar surface area (TPSA) is 103 Å². The second-order valence-corrected chi connectivity index (χ2v) is 8.11. The minimum atomic E-state index is -3.58. The molecule has 1 fully saturated rings. The molecular formula is C19H19N3O4S. The molecule has 27 heavy (non-hydrogen) atoms. The van der Waals surface area contributed by atoms with Gasteiger partial charge < -0.3 is 9.94 Å². The van der Waals surface area contributed by atoms with Crippen LogP contribution in [0.4, 0.5) is 0 Å². The Kier molecular flexibility index (Phi) is 5.74. The first-order valence-corrected chi connectivity index (χ1v) is 9.91. The lowest BCUT2D eigenvalue weighted by atomic mass is 10.1. The Hall–Kier alpha value is -2.89. The zero-order chi connectivity index (χ0) is 19.3. The molecule has 1 heterocycles. The molecule has 1 aliphatic rings. The summed E-state index contributed by atoms with van der Waals surface area (Å²) in [7, 11) is -3.58. The molecule has 0 saturated carbocycles. The zero-order valence-electron chi connectivity index (χ0n) is 14.5. The van der Waals surface area contributed by atoms with Crippen LogP contribution in [0.1, 0.15) is 24.0 Å². The predicted octanol–water partition coefficient (Wildman–Crippen LogP) is 2.47. The largest absolute Gasteiger partial charge is 0.508 e. The lowest BCUT2D eigenvalue weighted by Gasteiger charge is -2.29. The lowest BCUT2D eigenvalue weighted by Crippen LogP contribution is -2.40. The van der Waals surface area contributed by atoms with E-state index in [1.807, 2.05) is 6.07 Å². The number of benzene rings is 2. The Bertz CT molecular complexity index is 957. The molecule has 1 saturated heterocycles. The molecule has 1 aliphatic heterocycles. The summed E-state index contributed by atoms with van der Waals surface area (Å²) in [5.74, 6) is 0.0271. The van der Waals surface area contributed by atoms with Crippen LogP contribution in [0.3, 0.4) is 0 Å². The molecule has 0 atom stereocenters. The van der Waals surface area contributed by atoms with Gasteiger partial charge in [-0.15, -0.1) is 0 Å². The van der Waals surface area contributed by atoms with E-state index in [9.17, 15) is 13.5 Å². The van der Waals surface area contributed by atoms with Gasteiger partial charge in [0.2, 0.25) is 10.0 Å². The molecule has 0 radical (unpaired) electrons. The van der Waals surface area contributed by atoms with Gasteiger partial charge >= 0.3 is 0 Å². The highest BCUT2D eigenvalue weighted by atomic mass is 32.2. The lowest BCUT2D eigenvalue weighted by molar-refractivity contribution is 0.0262. The maximum absolute atomic E-state index is 12.6. The van der Waals surface area contributed by atoms with Crippen LogP contribution in [0, 0.1) is 11.3 Å². The van der Waals surface area contributed by atoms with E-state index in [0.717, 1.165) is 5.56 Å². The number of aromatic hydroxyl groups is 1. The van der Waals surface area contributed by atoms with Gasteiger partial charge in [-0.2, -0.15) is 9.57 Å². The minimum Gasteiger partial charge on any atom is -0.508 e. The van der Waals surface area contributed by atoms with Gasteiger partial charge in [-0.25, -0.2) is 8.42 Å². The number of rotatable bonds is 5. The molecular weight excluding hydrogens is 366 g/mol. The summed E-state index contributed by atoms with van der Waals surface area (Å²) in [6.07, 6.45) is 2.45. The first kappa shape index (κ1) is 18.9. The van der Waals surface area contributed by atoms with Crippen molar-refractivity contribution in [1.82, 2.24) is 4.31 Å². The van der Waals surface area contributed by atoms with Crippen LogP contribution in [-0.4, -0.2) is 43.2 Å². The number of hydrogen-bond donors (Lipinski definition) is 1. The van der Waals surface area contributed by atoms with Gasteiger partial charge in [-0.1, -0.05) is 17.3 Å². The van der Waals surface area contributed by atoms with E-state index < -0.39 is 10.0 Å². The molecule has 0 spiro atoms. The predicted molar refractivity (Wildman–Crippen MR) is 99.7 cm³/mol. The molecule has 0 bridgehead atoms. The second-order valence-electron chi connectivity index (χ2n) is 6.17. The molecule has 1 N–H and O–H groups in total. The van der Waals surface area contributed by atoms with Crippen molar-refractivity contribution in [3.8, 4) is 11.8 Å². The van der Waals surface area contributed by atoms with Crippen molar-refractivity contribution in [3.63, 3.8) is 0 Å². The summed E-state index contributed by atoms with van der Waals surface area (Å²) in [5.41, 5.74) is 1.31. The summed E-state index contributed by atoms with van der Waals surface area (Å²) in [5, 5.41) is 22.2. The van der Waals surface area contributed by atoms with Crippen LogP contribution in [0.5, 0.6) is 5.75 Å². The molecule has 8 heteroatoms. The molecule has 0 amide bonds.